The molecule has 0 bridgehead atoms. The highest BCUT2D eigenvalue weighted by atomic mass is 19.4. The van der Waals surface area contributed by atoms with Gasteiger partial charge in [0.15, 0.2) is 11.5 Å². The van der Waals surface area contributed by atoms with Crippen LogP contribution in [0.15, 0.2) is 36.5 Å². The standard InChI is InChI=1S/C19H19N5O2.C2HF3O2/c1-24-7-6-11-16-13(22-19(21)23-18(16)20)9-12(17(11)24)10-4-5-14(25-2)15(8-10)26-3;3-2(4,5)1(6)7/h4-9H,1-3H3,(H4,20,21,22,23);(H,6,7). The van der Waals surface area contributed by atoms with E-state index in [1.165, 1.54) is 0 Å². The summed E-state index contributed by atoms with van der Waals surface area (Å²) in [6.07, 6.45) is -3.09. The van der Waals surface area contributed by atoms with E-state index in [1.54, 1.807) is 14.2 Å². The number of nitrogen functional groups attached to an aromatic ring is 2. The molecule has 2 aromatic heterocycles. The molecule has 0 aliphatic rings. The van der Waals surface area contributed by atoms with Crippen LogP contribution < -0.4 is 20.9 Å². The molecule has 4 aromatic rings. The van der Waals surface area contributed by atoms with Crippen molar-refractivity contribution in [3.05, 3.63) is 36.5 Å². The van der Waals surface area contributed by atoms with Crippen molar-refractivity contribution in [3.8, 4) is 22.6 Å². The van der Waals surface area contributed by atoms with Crippen molar-refractivity contribution in [1.82, 2.24) is 14.5 Å². The maximum Gasteiger partial charge on any atom is 0.490 e. The first kappa shape index (κ1) is 23.4. The first-order chi connectivity index (χ1) is 15.5. The molecule has 0 aliphatic heterocycles. The summed E-state index contributed by atoms with van der Waals surface area (Å²) in [7, 11) is 5.23. The molecule has 4 rings (SSSR count). The molecule has 0 radical (unpaired) electrons. The van der Waals surface area contributed by atoms with Gasteiger partial charge in [0.2, 0.25) is 5.95 Å². The minimum absolute atomic E-state index is 0.156. The number of hydrogen-bond donors (Lipinski definition) is 3. The van der Waals surface area contributed by atoms with Gasteiger partial charge in [-0.25, -0.2) is 9.78 Å². The Hall–Kier alpha value is -4.22. The summed E-state index contributed by atoms with van der Waals surface area (Å²) in [4.78, 5) is 17.4. The number of hydrogen-bond acceptors (Lipinski definition) is 7. The second-order valence-corrected chi connectivity index (χ2v) is 6.85. The highest BCUT2D eigenvalue weighted by Crippen LogP contribution is 2.39. The van der Waals surface area contributed by atoms with Gasteiger partial charge in [-0.2, -0.15) is 18.2 Å². The largest absolute Gasteiger partial charge is 0.493 e. The van der Waals surface area contributed by atoms with Gasteiger partial charge in [-0.05, 0) is 29.8 Å². The summed E-state index contributed by atoms with van der Waals surface area (Å²) < 4.78 is 44.6. The lowest BCUT2D eigenvalue weighted by molar-refractivity contribution is -0.192. The molecule has 0 saturated heterocycles. The van der Waals surface area contributed by atoms with Gasteiger partial charge in [0.1, 0.15) is 5.82 Å². The van der Waals surface area contributed by atoms with E-state index in [9.17, 15) is 13.2 Å². The maximum atomic E-state index is 10.6. The Labute approximate surface area is 185 Å². The number of ether oxygens (including phenoxy) is 2. The Morgan fingerprint density at radius 3 is 2.27 bits per heavy atom. The molecule has 0 fully saturated rings. The minimum Gasteiger partial charge on any atom is -0.493 e. The van der Waals surface area contributed by atoms with Crippen LogP contribution >= 0.6 is 0 Å². The average Bonchev–Trinajstić information content (AvgIpc) is 3.13. The van der Waals surface area contributed by atoms with Gasteiger partial charge in [0.25, 0.3) is 0 Å². The van der Waals surface area contributed by atoms with Gasteiger partial charge >= 0.3 is 12.1 Å². The summed E-state index contributed by atoms with van der Waals surface area (Å²) in [5.74, 6) is -0.885. The number of methoxy groups -OCH3 is 2. The van der Waals surface area contributed by atoms with Crippen LogP contribution in [0.5, 0.6) is 11.5 Å². The number of aliphatic carboxylic acids is 1. The van der Waals surface area contributed by atoms with Crippen LogP contribution in [0, 0.1) is 0 Å². The molecule has 0 aliphatic carbocycles. The summed E-state index contributed by atoms with van der Waals surface area (Å²) in [5.41, 5.74) is 15.6. The molecule has 0 spiro atoms. The number of aryl methyl sites for hydroxylation is 1. The van der Waals surface area contributed by atoms with Gasteiger partial charge in [-0.1, -0.05) is 6.07 Å². The molecule has 0 atom stereocenters. The quantitative estimate of drug-likeness (QED) is 0.419. The van der Waals surface area contributed by atoms with Crippen LogP contribution in [0.3, 0.4) is 0 Å². The Morgan fingerprint density at radius 2 is 1.70 bits per heavy atom. The summed E-state index contributed by atoms with van der Waals surface area (Å²) in [6.45, 7) is 0. The Kier molecular flexibility index (Phi) is 6.20. The fourth-order valence-electron chi connectivity index (χ4n) is 3.39. The first-order valence-electron chi connectivity index (χ1n) is 9.31. The number of nitrogens with two attached hydrogens (primary N) is 2. The number of benzene rings is 2. The van der Waals surface area contributed by atoms with Crippen LogP contribution in [0.25, 0.3) is 32.9 Å². The van der Waals surface area contributed by atoms with E-state index in [4.69, 9.17) is 30.8 Å². The van der Waals surface area contributed by atoms with Crippen molar-refractivity contribution < 1.29 is 32.5 Å². The molecule has 0 amide bonds. The van der Waals surface area contributed by atoms with E-state index in [1.807, 2.05) is 43.6 Å². The van der Waals surface area contributed by atoms with Crippen molar-refractivity contribution in [3.63, 3.8) is 0 Å². The van der Waals surface area contributed by atoms with E-state index in [0.717, 1.165) is 27.4 Å². The number of aromatic nitrogens is 3. The zero-order valence-corrected chi connectivity index (χ0v) is 17.8. The van der Waals surface area contributed by atoms with Gasteiger partial charge < -0.3 is 30.6 Å². The maximum absolute atomic E-state index is 10.6. The van der Waals surface area contributed by atoms with Crippen LogP contribution in [0.2, 0.25) is 0 Å². The SMILES string of the molecule is COc1ccc(-c2cc3nc(N)nc(N)c3c3ccn(C)c23)cc1OC.O=C(O)C(F)(F)F. The summed E-state index contributed by atoms with van der Waals surface area (Å²) >= 11 is 0. The molecule has 9 nitrogen and oxygen atoms in total. The Bertz CT molecular complexity index is 1350. The monoisotopic (exact) mass is 463 g/mol. The minimum atomic E-state index is -5.08. The smallest absolute Gasteiger partial charge is 0.490 e. The number of nitrogens with zero attached hydrogens (tertiary/aromatic N) is 3. The molecule has 12 heteroatoms. The summed E-state index contributed by atoms with van der Waals surface area (Å²) in [5, 5.41) is 8.91. The highest BCUT2D eigenvalue weighted by Gasteiger charge is 2.38. The molecule has 2 heterocycles. The number of fused-ring (bicyclic) bond motifs is 3. The third kappa shape index (κ3) is 4.54. The first-order valence-corrected chi connectivity index (χ1v) is 9.31. The van der Waals surface area contributed by atoms with Crippen molar-refractivity contribution in [2.75, 3.05) is 25.7 Å². The van der Waals surface area contributed by atoms with Crippen LogP contribution in [-0.2, 0) is 11.8 Å². The number of anilines is 2. The van der Waals surface area contributed by atoms with E-state index in [-0.39, 0.29) is 5.95 Å². The van der Waals surface area contributed by atoms with E-state index < -0.39 is 12.1 Å². The van der Waals surface area contributed by atoms with E-state index >= 15 is 0 Å². The lowest BCUT2D eigenvalue weighted by Crippen LogP contribution is -2.21. The summed E-state index contributed by atoms with van der Waals surface area (Å²) in [6, 6.07) is 9.81. The highest BCUT2D eigenvalue weighted by molar-refractivity contribution is 6.15. The lowest BCUT2D eigenvalue weighted by Gasteiger charge is -2.13. The van der Waals surface area contributed by atoms with Crippen LogP contribution in [0.1, 0.15) is 0 Å². The topological polar surface area (TPSA) is 139 Å². The van der Waals surface area contributed by atoms with Gasteiger partial charge in [0, 0.05) is 24.2 Å². The molecular weight excluding hydrogens is 443 g/mol. The molecule has 5 N–H and O–H groups in total. The fourth-order valence-corrected chi connectivity index (χ4v) is 3.39. The van der Waals surface area contributed by atoms with Crippen molar-refractivity contribution >= 4 is 39.5 Å². The molecular formula is C21H20F3N5O4. The number of carboxylic acid groups (broad SMARTS) is 1. The molecule has 2 aromatic carbocycles. The van der Waals surface area contributed by atoms with Crippen LogP contribution in [0.4, 0.5) is 24.9 Å². The molecule has 174 valence electrons. The van der Waals surface area contributed by atoms with E-state index in [0.29, 0.717) is 22.8 Å². The van der Waals surface area contributed by atoms with Gasteiger partial charge in [-0.3, -0.25) is 0 Å². The number of halogens is 3. The normalized spacial score (nSPS) is 11.2. The van der Waals surface area contributed by atoms with Crippen molar-refractivity contribution in [2.24, 2.45) is 7.05 Å². The third-order valence-electron chi connectivity index (χ3n) is 4.80. The zero-order chi connectivity index (χ0) is 24.5. The fraction of sp³-hybridized carbons (Fsp3) is 0.190. The zero-order valence-electron chi connectivity index (χ0n) is 17.8. The molecule has 0 unspecified atom stereocenters. The van der Waals surface area contributed by atoms with Gasteiger partial charge in [0.05, 0.1) is 30.6 Å². The molecule has 33 heavy (non-hydrogen) atoms. The number of carbonyl (C=O) groups is 1. The second kappa shape index (κ2) is 8.73. The number of carboxylic acids is 1. The Balaban J connectivity index is 0.000000383. The molecule has 0 saturated carbocycles. The van der Waals surface area contributed by atoms with Crippen molar-refractivity contribution in [2.45, 2.75) is 6.18 Å². The number of rotatable bonds is 3. The average molecular weight is 463 g/mol. The predicted molar refractivity (Wildman–Crippen MR) is 117 cm³/mol. The van der Waals surface area contributed by atoms with Crippen molar-refractivity contribution in [1.29, 1.82) is 0 Å². The second-order valence-electron chi connectivity index (χ2n) is 6.85. The van der Waals surface area contributed by atoms with Gasteiger partial charge in [-0.15, -0.1) is 0 Å². The lowest BCUT2D eigenvalue weighted by atomic mass is 9.99. The number of alkyl halides is 3. The third-order valence-corrected chi connectivity index (χ3v) is 4.80. The Morgan fingerprint density at radius 1 is 1.06 bits per heavy atom. The van der Waals surface area contributed by atoms with Crippen LogP contribution in [-0.4, -0.2) is 46.0 Å². The predicted octanol–water partition coefficient (Wildman–Crippen LogP) is 3.60. The van der Waals surface area contributed by atoms with E-state index in [2.05, 4.69) is 14.5 Å².